The number of rotatable bonds is 5. The first-order chi connectivity index (χ1) is 10.6. The Kier molecular flexibility index (Phi) is 5.55. The number of amides is 1. The van der Waals surface area contributed by atoms with Crippen molar-refractivity contribution in [2.75, 3.05) is 11.9 Å². The fourth-order valence-electron chi connectivity index (χ4n) is 1.83. The SMILES string of the molecule is C/C(=N/NC(=O)CNc1ccccc1Cl)c1ccc(C)cc1. The summed E-state index contributed by atoms with van der Waals surface area (Å²) in [6, 6.07) is 15.2. The number of carbonyl (C=O) groups is 1. The molecule has 0 unspecified atom stereocenters. The minimum absolute atomic E-state index is 0.106. The van der Waals surface area contributed by atoms with E-state index < -0.39 is 0 Å². The number of anilines is 1. The van der Waals surface area contributed by atoms with E-state index in [1.807, 2.05) is 56.3 Å². The zero-order chi connectivity index (χ0) is 15.9. The molecule has 2 N–H and O–H groups in total. The molecule has 0 aromatic heterocycles. The molecule has 0 fully saturated rings. The van der Waals surface area contributed by atoms with Crippen LogP contribution in [0.15, 0.2) is 53.6 Å². The Morgan fingerprint density at radius 2 is 1.82 bits per heavy atom. The molecule has 0 aliphatic rings. The topological polar surface area (TPSA) is 53.5 Å². The van der Waals surface area contributed by atoms with Gasteiger partial charge in [0.1, 0.15) is 0 Å². The number of hydrazone groups is 1. The van der Waals surface area contributed by atoms with Crippen molar-refractivity contribution < 1.29 is 4.79 Å². The number of para-hydroxylation sites is 1. The lowest BCUT2D eigenvalue weighted by atomic mass is 10.1. The van der Waals surface area contributed by atoms with Crippen molar-refractivity contribution in [3.05, 3.63) is 64.7 Å². The van der Waals surface area contributed by atoms with Gasteiger partial charge in [0.05, 0.1) is 23.0 Å². The minimum Gasteiger partial charge on any atom is -0.375 e. The Morgan fingerprint density at radius 3 is 2.50 bits per heavy atom. The van der Waals surface area contributed by atoms with Crippen molar-refractivity contribution in [2.24, 2.45) is 5.10 Å². The Balaban J connectivity index is 1.88. The molecule has 0 radical (unpaired) electrons. The molecule has 0 heterocycles. The molecular formula is C17H18ClN3O. The molecule has 0 saturated carbocycles. The van der Waals surface area contributed by atoms with Crippen LogP contribution in [0, 0.1) is 6.92 Å². The molecule has 2 rings (SSSR count). The highest BCUT2D eigenvalue weighted by atomic mass is 35.5. The molecule has 0 atom stereocenters. The zero-order valence-corrected chi connectivity index (χ0v) is 13.3. The van der Waals surface area contributed by atoms with Gasteiger partial charge in [-0.1, -0.05) is 53.6 Å². The quantitative estimate of drug-likeness (QED) is 0.654. The van der Waals surface area contributed by atoms with Crippen LogP contribution in [-0.2, 0) is 4.79 Å². The molecule has 0 bridgehead atoms. The summed E-state index contributed by atoms with van der Waals surface area (Å²) < 4.78 is 0. The number of nitrogens with one attached hydrogen (secondary N) is 2. The number of hydrogen-bond acceptors (Lipinski definition) is 3. The molecule has 0 aliphatic carbocycles. The van der Waals surface area contributed by atoms with E-state index in [-0.39, 0.29) is 12.5 Å². The van der Waals surface area contributed by atoms with Gasteiger partial charge in [0.2, 0.25) is 0 Å². The van der Waals surface area contributed by atoms with Crippen molar-refractivity contribution in [3.8, 4) is 0 Å². The summed E-state index contributed by atoms with van der Waals surface area (Å²) in [5, 5.41) is 7.65. The number of aryl methyl sites for hydroxylation is 1. The van der Waals surface area contributed by atoms with Crippen LogP contribution in [0.4, 0.5) is 5.69 Å². The van der Waals surface area contributed by atoms with Gasteiger partial charge in [-0.05, 0) is 31.5 Å². The van der Waals surface area contributed by atoms with Gasteiger partial charge in [-0.3, -0.25) is 4.79 Å². The van der Waals surface area contributed by atoms with Gasteiger partial charge in [-0.15, -0.1) is 0 Å². The molecule has 22 heavy (non-hydrogen) atoms. The van der Waals surface area contributed by atoms with Gasteiger partial charge in [0.15, 0.2) is 0 Å². The van der Waals surface area contributed by atoms with Crippen LogP contribution in [0.25, 0.3) is 0 Å². The maximum absolute atomic E-state index is 11.8. The smallest absolute Gasteiger partial charge is 0.259 e. The molecule has 0 saturated heterocycles. The van der Waals surface area contributed by atoms with Crippen LogP contribution >= 0.6 is 11.6 Å². The van der Waals surface area contributed by atoms with Gasteiger partial charge >= 0.3 is 0 Å². The normalized spacial score (nSPS) is 11.1. The third-order valence-electron chi connectivity index (χ3n) is 3.13. The summed E-state index contributed by atoms with van der Waals surface area (Å²) in [5.74, 6) is -0.230. The van der Waals surface area contributed by atoms with Gasteiger partial charge in [-0.2, -0.15) is 5.10 Å². The van der Waals surface area contributed by atoms with Crippen LogP contribution in [0.3, 0.4) is 0 Å². The highest BCUT2D eigenvalue weighted by molar-refractivity contribution is 6.33. The van der Waals surface area contributed by atoms with Crippen molar-refractivity contribution in [1.29, 1.82) is 0 Å². The van der Waals surface area contributed by atoms with Gasteiger partial charge in [0, 0.05) is 0 Å². The Morgan fingerprint density at radius 1 is 1.14 bits per heavy atom. The van der Waals surface area contributed by atoms with Crippen LogP contribution in [-0.4, -0.2) is 18.2 Å². The largest absolute Gasteiger partial charge is 0.375 e. The zero-order valence-electron chi connectivity index (χ0n) is 12.6. The van der Waals surface area contributed by atoms with E-state index in [1.165, 1.54) is 5.56 Å². The predicted molar refractivity (Wildman–Crippen MR) is 91.5 cm³/mol. The highest BCUT2D eigenvalue weighted by Gasteiger charge is 2.03. The Labute approximate surface area is 135 Å². The predicted octanol–water partition coefficient (Wildman–Crippen LogP) is 3.60. The van der Waals surface area contributed by atoms with E-state index >= 15 is 0 Å². The van der Waals surface area contributed by atoms with E-state index in [2.05, 4.69) is 15.8 Å². The van der Waals surface area contributed by atoms with Crippen LogP contribution < -0.4 is 10.7 Å². The highest BCUT2D eigenvalue weighted by Crippen LogP contribution is 2.19. The van der Waals surface area contributed by atoms with E-state index in [1.54, 1.807) is 6.07 Å². The average Bonchev–Trinajstić information content (AvgIpc) is 2.52. The average molecular weight is 316 g/mol. The third-order valence-corrected chi connectivity index (χ3v) is 3.46. The lowest BCUT2D eigenvalue weighted by molar-refractivity contribution is -0.119. The first-order valence-electron chi connectivity index (χ1n) is 6.95. The number of nitrogens with zero attached hydrogens (tertiary/aromatic N) is 1. The monoisotopic (exact) mass is 315 g/mol. The molecule has 114 valence electrons. The van der Waals surface area contributed by atoms with Gasteiger partial charge in [-0.25, -0.2) is 5.43 Å². The molecule has 4 nitrogen and oxygen atoms in total. The van der Waals surface area contributed by atoms with Crippen molar-refractivity contribution in [1.82, 2.24) is 5.43 Å². The number of halogens is 1. The summed E-state index contributed by atoms with van der Waals surface area (Å²) >= 11 is 6.01. The summed E-state index contributed by atoms with van der Waals surface area (Å²) in [4.78, 5) is 11.8. The fourth-order valence-corrected chi connectivity index (χ4v) is 2.03. The van der Waals surface area contributed by atoms with Crippen molar-refractivity contribution >= 4 is 28.9 Å². The Bertz CT molecular complexity index is 681. The van der Waals surface area contributed by atoms with Crippen molar-refractivity contribution in [3.63, 3.8) is 0 Å². The maximum atomic E-state index is 11.8. The number of carbonyl (C=O) groups excluding carboxylic acids is 1. The number of benzene rings is 2. The third kappa shape index (κ3) is 4.60. The number of hydrogen-bond donors (Lipinski definition) is 2. The summed E-state index contributed by atoms with van der Waals surface area (Å²) in [5.41, 5.74) is 6.17. The second-order valence-corrected chi connectivity index (χ2v) is 5.34. The molecule has 1 amide bonds. The second-order valence-electron chi connectivity index (χ2n) is 4.93. The van der Waals surface area contributed by atoms with Gasteiger partial charge in [0.25, 0.3) is 5.91 Å². The molecular weight excluding hydrogens is 298 g/mol. The van der Waals surface area contributed by atoms with E-state index in [9.17, 15) is 4.79 Å². The van der Waals surface area contributed by atoms with Crippen LogP contribution in [0.5, 0.6) is 0 Å². The maximum Gasteiger partial charge on any atom is 0.259 e. The first-order valence-corrected chi connectivity index (χ1v) is 7.32. The summed E-state index contributed by atoms with van der Waals surface area (Å²) in [6.07, 6.45) is 0. The van der Waals surface area contributed by atoms with E-state index in [0.29, 0.717) is 5.02 Å². The summed E-state index contributed by atoms with van der Waals surface area (Å²) in [7, 11) is 0. The van der Waals surface area contributed by atoms with Crippen LogP contribution in [0.1, 0.15) is 18.1 Å². The standard InChI is InChI=1S/C17H18ClN3O/c1-12-7-9-14(10-8-12)13(2)20-21-17(22)11-19-16-6-4-3-5-15(16)18/h3-10,19H,11H2,1-2H3,(H,21,22)/b20-13-. The summed E-state index contributed by atoms with van der Waals surface area (Å²) in [6.45, 7) is 3.99. The van der Waals surface area contributed by atoms with E-state index in [4.69, 9.17) is 11.6 Å². The fraction of sp³-hybridized carbons (Fsp3) is 0.176. The minimum atomic E-state index is -0.230. The van der Waals surface area contributed by atoms with E-state index in [0.717, 1.165) is 17.0 Å². The molecule has 0 aliphatic heterocycles. The van der Waals surface area contributed by atoms with Crippen molar-refractivity contribution in [2.45, 2.75) is 13.8 Å². The molecule has 2 aromatic rings. The lowest BCUT2D eigenvalue weighted by Gasteiger charge is -2.07. The first kappa shape index (κ1) is 16.0. The molecule has 0 spiro atoms. The van der Waals surface area contributed by atoms with Gasteiger partial charge < -0.3 is 5.32 Å². The molecule has 5 heteroatoms. The molecule has 2 aromatic carbocycles. The van der Waals surface area contributed by atoms with Crippen LogP contribution in [0.2, 0.25) is 5.02 Å². The second kappa shape index (κ2) is 7.61. The lowest BCUT2D eigenvalue weighted by Crippen LogP contribution is -2.26. The Hall–Kier alpha value is -2.33.